The Labute approximate surface area is 140 Å². The molecular weight excluding hydrogens is 308 g/mol. The molecule has 7 heteroatoms. The number of rotatable bonds is 5. The van der Waals surface area contributed by atoms with Gasteiger partial charge in [0.05, 0.1) is 12.7 Å². The van der Waals surface area contributed by atoms with E-state index in [2.05, 4.69) is 19.8 Å². The number of hydrogen-bond donors (Lipinski definition) is 1. The van der Waals surface area contributed by atoms with E-state index in [1.54, 1.807) is 37.6 Å². The molecule has 0 amide bonds. The second-order valence-corrected chi connectivity index (χ2v) is 5.67. The van der Waals surface area contributed by atoms with E-state index in [-0.39, 0.29) is 0 Å². The number of carbonyl (C=O) groups is 1. The summed E-state index contributed by atoms with van der Waals surface area (Å²) in [6.07, 6.45) is 1.70. The van der Waals surface area contributed by atoms with Crippen LogP contribution in [0.5, 0.6) is 5.88 Å². The number of hydrogen-bond acceptors (Lipinski definition) is 6. The molecule has 2 aromatic rings. The molecule has 126 valence electrons. The summed E-state index contributed by atoms with van der Waals surface area (Å²) in [6, 6.07) is 8.84. The zero-order valence-electron chi connectivity index (χ0n) is 13.6. The molecule has 0 unspecified atom stereocenters. The summed E-state index contributed by atoms with van der Waals surface area (Å²) in [4.78, 5) is 24.2. The van der Waals surface area contributed by atoms with Crippen LogP contribution >= 0.6 is 0 Å². The highest BCUT2D eigenvalue weighted by molar-refractivity contribution is 5.87. The maximum Gasteiger partial charge on any atom is 0.335 e. The van der Waals surface area contributed by atoms with E-state index < -0.39 is 5.97 Å². The molecule has 1 aliphatic heterocycles. The first-order valence-corrected chi connectivity index (χ1v) is 7.82. The lowest BCUT2D eigenvalue weighted by molar-refractivity contribution is 0.0696. The van der Waals surface area contributed by atoms with Crippen molar-refractivity contribution in [2.75, 3.05) is 38.2 Å². The SMILES string of the molecule is COc1ccnc(N2CCN(Cc3cccc(C(=O)O)c3)CC2)n1. The summed E-state index contributed by atoms with van der Waals surface area (Å²) in [5.41, 5.74) is 1.34. The Bertz CT molecular complexity index is 714. The fourth-order valence-electron chi connectivity index (χ4n) is 2.77. The molecule has 0 bridgehead atoms. The van der Waals surface area contributed by atoms with Crippen LogP contribution in [0.15, 0.2) is 36.5 Å². The summed E-state index contributed by atoms with van der Waals surface area (Å²) < 4.78 is 5.14. The third-order valence-electron chi connectivity index (χ3n) is 4.06. The fraction of sp³-hybridized carbons (Fsp3) is 0.353. The van der Waals surface area contributed by atoms with Gasteiger partial charge in [0.1, 0.15) is 0 Å². The van der Waals surface area contributed by atoms with Crippen LogP contribution in [0.4, 0.5) is 5.95 Å². The number of benzene rings is 1. The average Bonchev–Trinajstić information content (AvgIpc) is 2.62. The van der Waals surface area contributed by atoms with Crippen molar-refractivity contribution >= 4 is 11.9 Å². The molecule has 1 N–H and O–H groups in total. The number of ether oxygens (including phenoxy) is 1. The van der Waals surface area contributed by atoms with Crippen LogP contribution in [-0.4, -0.2) is 59.2 Å². The molecule has 0 atom stereocenters. The first-order valence-electron chi connectivity index (χ1n) is 7.82. The van der Waals surface area contributed by atoms with E-state index >= 15 is 0 Å². The van der Waals surface area contributed by atoms with Gasteiger partial charge in [-0.1, -0.05) is 12.1 Å². The van der Waals surface area contributed by atoms with E-state index in [9.17, 15) is 4.79 Å². The molecule has 7 nitrogen and oxygen atoms in total. The summed E-state index contributed by atoms with van der Waals surface area (Å²) in [7, 11) is 1.59. The molecule has 2 heterocycles. The second kappa shape index (κ2) is 7.27. The Hall–Kier alpha value is -2.67. The minimum Gasteiger partial charge on any atom is -0.481 e. The number of carboxylic acids is 1. The van der Waals surface area contributed by atoms with Gasteiger partial charge in [0, 0.05) is 45.0 Å². The van der Waals surface area contributed by atoms with Gasteiger partial charge in [-0.05, 0) is 17.7 Å². The van der Waals surface area contributed by atoms with Crippen LogP contribution in [0.1, 0.15) is 15.9 Å². The number of piperazine rings is 1. The van der Waals surface area contributed by atoms with Gasteiger partial charge < -0.3 is 14.7 Å². The zero-order valence-corrected chi connectivity index (χ0v) is 13.6. The minimum absolute atomic E-state index is 0.330. The van der Waals surface area contributed by atoms with Crippen LogP contribution in [-0.2, 0) is 6.54 Å². The Balaban J connectivity index is 1.59. The quantitative estimate of drug-likeness (QED) is 0.891. The van der Waals surface area contributed by atoms with Crippen LogP contribution in [0, 0.1) is 0 Å². The predicted octanol–water partition coefficient (Wildman–Crippen LogP) is 1.51. The van der Waals surface area contributed by atoms with Gasteiger partial charge in [0.25, 0.3) is 0 Å². The number of methoxy groups -OCH3 is 1. The molecular formula is C17H20N4O3. The Kier molecular flexibility index (Phi) is 4.90. The van der Waals surface area contributed by atoms with Crippen molar-refractivity contribution < 1.29 is 14.6 Å². The number of nitrogens with zero attached hydrogens (tertiary/aromatic N) is 4. The molecule has 0 saturated carbocycles. The Morgan fingerprint density at radius 1 is 1.25 bits per heavy atom. The lowest BCUT2D eigenvalue weighted by Crippen LogP contribution is -2.46. The fourth-order valence-corrected chi connectivity index (χ4v) is 2.77. The number of aromatic nitrogens is 2. The van der Waals surface area contributed by atoms with Crippen molar-refractivity contribution in [1.82, 2.24) is 14.9 Å². The molecule has 0 aliphatic carbocycles. The van der Waals surface area contributed by atoms with Crippen molar-refractivity contribution in [2.24, 2.45) is 0 Å². The minimum atomic E-state index is -0.892. The molecule has 1 aliphatic rings. The maximum atomic E-state index is 11.1. The van der Waals surface area contributed by atoms with Crippen molar-refractivity contribution in [2.45, 2.75) is 6.54 Å². The molecule has 24 heavy (non-hydrogen) atoms. The highest BCUT2D eigenvalue weighted by Gasteiger charge is 2.19. The second-order valence-electron chi connectivity index (χ2n) is 5.67. The van der Waals surface area contributed by atoms with Crippen LogP contribution in [0.2, 0.25) is 0 Å². The smallest absolute Gasteiger partial charge is 0.335 e. The lowest BCUT2D eigenvalue weighted by atomic mass is 10.1. The largest absolute Gasteiger partial charge is 0.481 e. The molecule has 1 fully saturated rings. The van der Waals surface area contributed by atoms with Crippen molar-refractivity contribution in [3.05, 3.63) is 47.7 Å². The van der Waals surface area contributed by atoms with Gasteiger partial charge in [0.15, 0.2) is 0 Å². The third-order valence-corrected chi connectivity index (χ3v) is 4.06. The van der Waals surface area contributed by atoms with Crippen LogP contribution in [0.3, 0.4) is 0 Å². The molecule has 1 aromatic heterocycles. The van der Waals surface area contributed by atoms with Crippen molar-refractivity contribution in [1.29, 1.82) is 0 Å². The molecule has 0 radical (unpaired) electrons. The van der Waals surface area contributed by atoms with Gasteiger partial charge in [-0.15, -0.1) is 0 Å². The first-order chi connectivity index (χ1) is 11.7. The van der Waals surface area contributed by atoms with E-state index in [0.29, 0.717) is 17.4 Å². The van der Waals surface area contributed by atoms with Gasteiger partial charge in [-0.2, -0.15) is 4.98 Å². The predicted molar refractivity (Wildman–Crippen MR) is 89.5 cm³/mol. The van der Waals surface area contributed by atoms with Crippen molar-refractivity contribution in [3.63, 3.8) is 0 Å². The maximum absolute atomic E-state index is 11.1. The summed E-state index contributed by atoms with van der Waals surface area (Å²) >= 11 is 0. The number of carboxylic acid groups (broad SMARTS) is 1. The van der Waals surface area contributed by atoms with Gasteiger partial charge in [-0.3, -0.25) is 4.90 Å². The molecule has 1 saturated heterocycles. The van der Waals surface area contributed by atoms with E-state index in [1.165, 1.54) is 0 Å². The monoisotopic (exact) mass is 328 g/mol. The van der Waals surface area contributed by atoms with Crippen LogP contribution < -0.4 is 9.64 Å². The van der Waals surface area contributed by atoms with Gasteiger partial charge in [-0.25, -0.2) is 9.78 Å². The first kappa shape index (κ1) is 16.2. The van der Waals surface area contributed by atoms with E-state index in [1.807, 2.05) is 6.07 Å². The Morgan fingerprint density at radius 2 is 2.04 bits per heavy atom. The normalized spacial score (nSPS) is 15.3. The third kappa shape index (κ3) is 3.80. The summed E-state index contributed by atoms with van der Waals surface area (Å²) in [6.45, 7) is 4.14. The Morgan fingerprint density at radius 3 is 2.75 bits per heavy atom. The number of anilines is 1. The lowest BCUT2D eigenvalue weighted by Gasteiger charge is -2.34. The highest BCUT2D eigenvalue weighted by atomic mass is 16.5. The van der Waals surface area contributed by atoms with Gasteiger partial charge in [0.2, 0.25) is 11.8 Å². The summed E-state index contributed by atoms with van der Waals surface area (Å²) in [5.74, 6) is 0.353. The van der Waals surface area contributed by atoms with Gasteiger partial charge >= 0.3 is 5.97 Å². The van der Waals surface area contributed by atoms with Crippen LogP contribution in [0.25, 0.3) is 0 Å². The summed E-state index contributed by atoms with van der Waals surface area (Å²) in [5, 5.41) is 9.07. The average molecular weight is 328 g/mol. The zero-order chi connectivity index (χ0) is 16.9. The topological polar surface area (TPSA) is 78.8 Å². The highest BCUT2D eigenvalue weighted by Crippen LogP contribution is 2.16. The number of aromatic carboxylic acids is 1. The standard InChI is InChI=1S/C17H20N4O3/c1-24-15-5-6-18-17(19-15)21-9-7-20(8-10-21)12-13-3-2-4-14(11-13)16(22)23/h2-6,11H,7-10,12H2,1H3,(H,22,23). The van der Waals surface area contributed by atoms with E-state index in [4.69, 9.17) is 9.84 Å². The molecule has 1 aromatic carbocycles. The van der Waals surface area contributed by atoms with E-state index in [0.717, 1.165) is 38.3 Å². The molecule has 0 spiro atoms. The van der Waals surface area contributed by atoms with Crippen molar-refractivity contribution in [3.8, 4) is 5.88 Å². The molecule has 3 rings (SSSR count).